The van der Waals surface area contributed by atoms with Crippen molar-refractivity contribution >= 4 is 10.9 Å². The van der Waals surface area contributed by atoms with Crippen molar-refractivity contribution in [2.45, 2.75) is 44.8 Å². The molecule has 0 bridgehead atoms. The summed E-state index contributed by atoms with van der Waals surface area (Å²) in [6.07, 6.45) is 6.85. The van der Waals surface area contributed by atoms with Crippen LogP contribution >= 0.6 is 0 Å². The predicted molar refractivity (Wildman–Crippen MR) is 78.6 cm³/mol. The van der Waals surface area contributed by atoms with E-state index >= 15 is 0 Å². The van der Waals surface area contributed by atoms with Gasteiger partial charge < -0.3 is 5.11 Å². The first-order valence-electron chi connectivity index (χ1n) is 7.38. The number of hydrogen-bond acceptors (Lipinski definition) is 3. The van der Waals surface area contributed by atoms with Crippen LogP contribution in [0.3, 0.4) is 0 Å². The van der Waals surface area contributed by atoms with Crippen LogP contribution in [-0.4, -0.2) is 21.0 Å². The summed E-state index contributed by atoms with van der Waals surface area (Å²) in [6.45, 7) is 0.464. The number of aromatic nitrogens is 2. The van der Waals surface area contributed by atoms with E-state index in [1.807, 2.05) is 24.3 Å². The number of para-hydroxylation sites is 1. The van der Waals surface area contributed by atoms with Gasteiger partial charge in [-0.1, -0.05) is 31.4 Å². The van der Waals surface area contributed by atoms with Crippen LogP contribution in [0, 0.1) is 5.92 Å². The van der Waals surface area contributed by atoms with Gasteiger partial charge in [0, 0.05) is 5.39 Å². The molecule has 0 spiro atoms. The Balaban J connectivity index is 1.87. The molecule has 106 valence electrons. The third-order valence-corrected chi connectivity index (χ3v) is 4.32. The Hall–Kier alpha value is -1.68. The van der Waals surface area contributed by atoms with E-state index in [1.54, 1.807) is 4.68 Å². The second-order valence-corrected chi connectivity index (χ2v) is 5.67. The first kappa shape index (κ1) is 13.3. The summed E-state index contributed by atoms with van der Waals surface area (Å²) in [6, 6.07) is 7.44. The second-order valence-electron chi connectivity index (χ2n) is 5.67. The Bertz CT molecular complexity index is 644. The number of rotatable bonds is 3. The normalized spacial score (nSPS) is 18.2. The van der Waals surface area contributed by atoms with Crippen molar-refractivity contribution in [1.29, 1.82) is 0 Å². The first-order valence-corrected chi connectivity index (χ1v) is 7.38. The molecule has 1 saturated carbocycles. The lowest BCUT2D eigenvalue weighted by molar-refractivity contribution is 0.0673. The van der Waals surface area contributed by atoms with E-state index in [2.05, 4.69) is 5.10 Å². The Morgan fingerprint density at radius 1 is 1.25 bits per heavy atom. The molecule has 1 N–H and O–H groups in total. The molecule has 1 aliphatic rings. The SMILES string of the molecule is O=c1cnn(CC(O)C2CCCCC2)c2ccccc12. The molecule has 1 aromatic heterocycles. The number of nitrogens with zero attached hydrogens (tertiary/aromatic N) is 2. The van der Waals surface area contributed by atoms with Crippen LogP contribution in [0.15, 0.2) is 35.3 Å². The quantitative estimate of drug-likeness (QED) is 0.933. The topological polar surface area (TPSA) is 55.1 Å². The van der Waals surface area contributed by atoms with Crippen LogP contribution in [0.2, 0.25) is 0 Å². The third-order valence-electron chi connectivity index (χ3n) is 4.32. The van der Waals surface area contributed by atoms with Crippen LogP contribution < -0.4 is 5.43 Å². The zero-order chi connectivity index (χ0) is 13.9. The zero-order valence-electron chi connectivity index (χ0n) is 11.5. The van der Waals surface area contributed by atoms with Crippen LogP contribution in [0.4, 0.5) is 0 Å². The summed E-state index contributed by atoms with van der Waals surface area (Å²) < 4.78 is 1.76. The lowest BCUT2D eigenvalue weighted by Gasteiger charge is -2.27. The van der Waals surface area contributed by atoms with E-state index < -0.39 is 0 Å². The molecule has 4 nitrogen and oxygen atoms in total. The molecule has 0 radical (unpaired) electrons. The van der Waals surface area contributed by atoms with Crippen molar-refractivity contribution < 1.29 is 5.11 Å². The van der Waals surface area contributed by atoms with E-state index in [4.69, 9.17) is 0 Å². The van der Waals surface area contributed by atoms with Gasteiger partial charge in [0.25, 0.3) is 0 Å². The van der Waals surface area contributed by atoms with Gasteiger partial charge in [-0.3, -0.25) is 9.48 Å². The monoisotopic (exact) mass is 272 g/mol. The van der Waals surface area contributed by atoms with Crippen molar-refractivity contribution in [2.75, 3.05) is 0 Å². The van der Waals surface area contributed by atoms with E-state index in [0.29, 0.717) is 17.8 Å². The number of hydrogen-bond donors (Lipinski definition) is 1. The molecule has 0 saturated heterocycles. The van der Waals surface area contributed by atoms with Crippen LogP contribution in [0.1, 0.15) is 32.1 Å². The molecule has 1 aliphatic carbocycles. The zero-order valence-corrected chi connectivity index (χ0v) is 11.5. The molecule has 0 amide bonds. The van der Waals surface area contributed by atoms with Gasteiger partial charge in [0.1, 0.15) is 0 Å². The lowest BCUT2D eigenvalue weighted by Crippen LogP contribution is -2.29. The highest BCUT2D eigenvalue weighted by Crippen LogP contribution is 2.27. The number of aliphatic hydroxyl groups excluding tert-OH is 1. The van der Waals surface area contributed by atoms with Crippen molar-refractivity contribution in [3.8, 4) is 0 Å². The largest absolute Gasteiger partial charge is 0.391 e. The number of aliphatic hydroxyl groups is 1. The van der Waals surface area contributed by atoms with Gasteiger partial charge >= 0.3 is 0 Å². The maximum absolute atomic E-state index is 11.8. The molecule has 2 aromatic rings. The minimum atomic E-state index is -0.381. The molecule has 1 atom stereocenters. The Labute approximate surface area is 118 Å². The summed E-state index contributed by atoms with van der Waals surface area (Å²) in [7, 11) is 0. The summed E-state index contributed by atoms with van der Waals surface area (Å²) >= 11 is 0. The second kappa shape index (κ2) is 5.75. The van der Waals surface area contributed by atoms with E-state index in [9.17, 15) is 9.90 Å². The molecule has 1 heterocycles. The molecule has 0 aliphatic heterocycles. The average Bonchev–Trinajstić information content (AvgIpc) is 2.51. The van der Waals surface area contributed by atoms with Crippen LogP contribution in [0.25, 0.3) is 10.9 Å². The highest BCUT2D eigenvalue weighted by Gasteiger charge is 2.22. The number of fused-ring (bicyclic) bond motifs is 1. The van der Waals surface area contributed by atoms with Crippen molar-refractivity contribution in [3.63, 3.8) is 0 Å². The molecule has 4 heteroatoms. The molecule has 1 unspecified atom stereocenters. The Kier molecular flexibility index (Phi) is 3.83. The number of benzene rings is 1. The van der Waals surface area contributed by atoms with Gasteiger partial charge in [-0.25, -0.2) is 0 Å². The minimum absolute atomic E-state index is 0.0657. The maximum atomic E-state index is 11.8. The van der Waals surface area contributed by atoms with Gasteiger partial charge in [0.05, 0.1) is 24.4 Å². The van der Waals surface area contributed by atoms with Crippen molar-refractivity contribution in [3.05, 3.63) is 40.7 Å². The molecular formula is C16H20N2O2. The van der Waals surface area contributed by atoms with Crippen molar-refractivity contribution in [2.24, 2.45) is 5.92 Å². The van der Waals surface area contributed by atoms with E-state index in [-0.39, 0.29) is 11.5 Å². The summed E-state index contributed by atoms with van der Waals surface area (Å²) in [5, 5.41) is 15.3. The summed E-state index contributed by atoms with van der Waals surface area (Å²) in [5.74, 6) is 0.365. The summed E-state index contributed by atoms with van der Waals surface area (Å²) in [4.78, 5) is 11.8. The maximum Gasteiger partial charge on any atom is 0.207 e. The molecule has 3 rings (SSSR count). The first-order chi connectivity index (χ1) is 9.75. The average molecular weight is 272 g/mol. The molecular weight excluding hydrogens is 252 g/mol. The van der Waals surface area contributed by atoms with E-state index in [1.165, 1.54) is 25.5 Å². The van der Waals surface area contributed by atoms with Gasteiger partial charge in [0.15, 0.2) is 0 Å². The molecule has 1 aromatic carbocycles. The summed E-state index contributed by atoms with van der Waals surface area (Å²) in [5.41, 5.74) is 0.735. The van der Waals surface area contributed by atoms with Crippen LogP contribution in [-0.2, 0) is 6.54 Å². The fourth-order valence-electron chi connectivity index (χ4n) is 3.15. The van der Waals surface area contributed by atoms with Crippen molar-refractivity contribution in [1.82, 2.24) is 9.78 Å². The Morgan fingerprint density at radius 2 is 2.00 bits per heavy atom. The van der Waals surface area contributed by atoms with E-state index in [0.717, 1.165) is 18.4 Å². The van der Waals surface area contributed by atoms with Gasteiger partial charge in [0.2, 0.25) is 5.43 Å². The minimum Gasteiger partial charge on any atom is -0.391 e. The fourth-order valence-corrected chi connectivity index (χ4v) is 3.15. The predicted octanol–water partition coefficient (Wildman–Crippen LogP) is 2.34. The smallest absolute Gasteiger partial charge is 0.207 e. The van der Waals surface area contributed by atoms with Gasteiger partial charge in [-0.05, 0) is 30.9 Å². The van der Waals surface area contributed by atoms with Gasteiger partial charge in [-0.2, -0.15) is 5.10 Å². The molecule has 1 fully saturated rings. The fraction of sp³-hybridized carbons (Fsp3) is 0.500. The third kappa shape index (κ3) is 2.61. The lowest BCUT2D eigenvalue weighted by atomic mass is 9.85. The Morgan fingerprint density at radius 3 is 2.80 bits per heavy atom. The molecule has 20 heavy (non-hydrogen) atoms. The standard InChI is InChI=1S/C16H20N2O2/c19-15-10-17-18(14-9-5-4-8-13(14)15)11-16(20)12-6-2-1-3-7-12/h4-5,8-10,12,16,20H,1-3,6-7,11H2. The highest BCUT2D eigenvalue weighted by atomic mass is 16.3. The van der Waals surface area contributed by atoms with Gasteiger partial charge in [-0.15, -0.1) is 0 Å². The highest BCUT2D eigenvalue weighted by molar-refractivity contribution is 5.77. The van der Waals surface area contributed by atoms with Crippen LogP contribution in [0.5, 0.6) is 0 Å².